The first kappa shape index (κ1) is 19.9. The van der Waals surface area contributed by atoms with E-state index in [1.165, 1.54) is 11.1 Å². The molecule has 2 aromatic carbocycles. The average Bonchev–Trinajstić information content (AvgIpc) is 3.25. The van der Waals surface area contributed by atoms with Crippen molar-refractivity contribution in [3.8, 4) is 0 Å². The zero-order chi connectivity index (χ0) is 19.8. The molecule has 1 atom stereocenters. The Hall–Kier alpha value is -2.86. The number of guanidine groups is 1. The summed E-state index contributed by atoms with van der Waals surface area (Å²) in [4.78, 5) is 16.5. The summed E-state index contributed by atoms with van der Waals surface area (Å²) in [5.41, 5.74) is 4.33. The number of carbonyl (C=O) groups excluding carboxylic acids is 1. The summed E-state index contributed by atoms with van der Waals surface area (Å²) in [6.07, 6.45) is 1.40. The first-order chi connectivity index (χ1) is 13.7. The number of hydrogen-bond acceptors (Lipinski definition) is 3. The predicted molar refractivity (Wildman–Crippen MR) is 112 cm³/mol. The van der Waals surface area contributed by atoms with Gasteiger partial charge in [-0.15, -0.1) is 0 Å². The van der Waals surface area contributed by atoms with E-state index in [4.69, 9.17) is 4.74 Å². The standard InChI is InChI=1S/C22H28N4O2/c1-16-7-3-4-9-18(16)15-25-22(23-2)24-14-17-8-5-10-19(13-17)26-21(27)20-11-6-12-28-20/h3-5,7-10,13,20H,6,11-12,14-15H2,1-2H3,(H,26,27)(H2,23,24,25). The molecular weight excluding hydrogens is 352 g/mol. The van der Waals surface area contributed by atoms with E-state index >= 15 is 0 Å². The molecule has 1 aliphatic rings. The average molecular weight is 380 g/mol. The fourth-order valence-electron chi connectivity index (χ4n) is 3.16. The Morgan fingerprint density at radius 3 is 2.71 bits per heavy atom. The maximum Gasteiger partial charge on any atom is 0.253 e. The van der Waals surface area contributed by atoms with Crippen molar-refractivity contribution in [2.24, 2.45) is 4.99 Å². The van der Waals surface area contributed by atoms with Crippen LogP contribution in [0, 0.1) is 6.92 Å². The SMILES string of the molecule is CN=C(NCc1cccc(NC(=O)C2CCCO2)c1)NCc1ccccc1C. The molecular formula is C22H28N4O2. The Balaban J connectivity index is 1.51. The second-order valence-corrected chi connectivity index (χ2v) is 6.90. The van der Waals surface area contributed by atoms with E-state index in [9.17, 15) is 4.79 Å². The summed E-state index contributed by atoms with van der Waals surface area (Å²) in [6, 6.07) is 16.1. The van der Waals surface area contributed by atoms with E-state index < -0.39 is 0 Å². The molecule has 6 nitrogen and oxygen atoms in total. The number of benzene rings is 2. The molecule has 1 saturated heterocycles. The van der Waals surface area contributed by atoms with Crippen LogP contribution in [0.2, 0.25) is 0 Å². The van der Waals surface area contributed by atoms with Crippen molar-refractivity contribution in [1.82, 2.24) is 10.6 Å². The lowest BCUT2D eigenvalue weighted by molar-refractivity contribution is -0.124. The number of aliphatic imine (C=N–C) groups is 1. The molecule has 0 saturated carbocycles. The second kappa shape index (κ2) is 9.90. The van der Waals surface area contributed by atoms with Crippen LogP contribution >= 0.6 is 0 Å². The van der Waals surface area contributed by atoms with Gasteiger partial charge in [-0.3, -0.25) is 9.79 Å². The van der Waals surface area contributed by atoms with Crippen LogP contribution in [0.5, 0.6) is 0 Å². The van der Waals surface area contributed by atoms with Gasteiger partial charge in [0.1, 0.15) is 6.10 Å². The zero-order valence-electron chi connectivity index (χ0n) is 16.5. The zero-order valence-corrected chi connectivity index (χ0v) is 16.5. The van der Waals surface area contributed by atoms with E-state index in [1.807, 2.05) is 36.4 Å². The molecule has 28 heavy (non-hydrogen) atoms. The molecule has 3 rings (SSSR count). The number of rotatable bonds is 6. The number of carbonyl (C=O) groups is 1. The lowest BCUT2D eigenvalue weighted by atomic mass is 10.1. The van der Waals surface area contributed by atoms with Gasteiger partial charge in [-0.1, -0.05) is 36.4 Å². The molecule has 6 heteroatoms. The van der Waals surface area contributed by atoms with Crippen LogP contribution in [0.15, 0.2) is 53.5 Å². The highest BCUT2D eigenvalue weighted by atomic mass is 16.5. The molecule has 148 valence electrons. The van der Waals surface area contributed by atoms with E-state index in [1.54, 1.807) is 7.05 Å². The summed E-state index contributed by atoms with van der Waals surface area (Å²) in [7, 11) is 1.76. The number of ether oxygens (including phenoxy) is 1. The molecule has 1 amide bonds. The number of amides is 1. The molecule has 3 N–H and O–H groups in total. The maximum absolute atomic E-state index is 12.2. The number of hydrogen-bond donors (Lipinski definition) is 3. The van der Waals surface area contributed by atoms with Crippen LogP contribution < -0.4 is 16.0 Å². The summed E-state index contributed by atoms with van der Waals surface area (Å²) in [5.74, 6) is 0.662. The van der Waals surface area contributed by atoms with Crippen molar-refractivity contribution in [2.45, 2.75) is 39.0 Å². The van der Waals surface area contributed by atoms with Gasteiger partial charge in [-0.05, 0) is 48.6 Å². The van der Waals surface area contributed by atoms with E-state index in [0.29, 0.717) is 19.7 Å². The monoisotopic (exact) mass is 380 g/mol. The molecule has 0 radical (unpaired) electrons. The molecule has 0 spiro atoms. The van der Waals surface area contributed by atoms with Crippen molar-refractivity contribution in [3.63, 3.8) is 0 Å². The quantitative estimate of drug-likeness (QED) is 0.532. The molecule has 1 aliphatic heterocycles. The fourth-order valence-corrected chi connectivity index (χ4v) is 3.16. The first-order valence-corrected chi connectivity index (χ1v) is 9.66. The van der Waals surface area contributed by atoms with Crippen LogP contribution in [0.3, 0.4) is 0 Å². The van der Waals surface area contributed by atoms with Crippen molar-refractivity contribution in [3.05, 3.63) is 65.2 Å². The van der Waals surface area contributed by atoms with Gasteiger partial charge in [-0.2, -0.15) is 0 Å². The van der Waals surface area contributed by atoms with Gasteiger partial charge >= 0.3 is 0 Å². The number of nitrogens with one attached hydrogen (secondary N) is 3. The topological polar surface area (TPSA) is 74.8 Å². The number of aryl methyl sites for hydroxylation is 1. The van der Waals surface area contributed by atoms with Gasteiger partial charge in [0.05, 0.1) is 0 Å². The lowest BCUT2D eigenvalue weighted by Gasteiger charge is -2.14. The molecule has 2 aromatic rings. The second-order valence-electron chi connectivity index (χ2n) is 6.90. The van der Waals surface area contributed by atoms with Gasteiger partial charge in [0, 0.05) is 32.4 Å². The Morgan fingerprint density at radius 2 is 1.96 bits per heavy atom. The van der Waals surface area contributed by atoms with E-state index in [2.05, 4.69) is 40.0 Å². The van der Waals surface area contributed by atoms with Crippen molar-refractivity contribution >= 4 is 17.6 Å². The molecule has 1 heterocycles. The lowest BCUT2D eigenvalue weighted by Crippen LogP contribution is -2.36. The third-order valence-corrected chi connectivity index (χ3v) is 4.81. The van der Waals surface area contributed by atoms with E-state index in [0.717, 1.165) is 30.1 Å². The third kappa shape index (κ3) is 5.57. The van der Waals surface area contributed by atoms with Crippen LogP contribution in [0.4, 0.5) is 5.69 Å². The third-order valence-electron chi connectivity index (χ3n) is 4.81. The first-order valence-electron chi connectivity index (χ1n) is 9.66. The van der Waals surface area contributed by atoms with Crippen LogP contribution in [0.25, 0.3) is 0 Å². The fraction of sp³-hybridized carbons (Fsp3) is 0.364. The molecule has 1 fully saturated rings. The number of anilines is 1. The molecule has 0 bridgehead atoms. The summed E-state index contributed by atoms with van der Waals surface area (Å²) < 4.78 is 5.43. The highest BCUT2D eigenvalue weighted by Gasteiger charge is 2.23. The molecule has 1 unspecified atom stereocenters. The van der Waals surface area contributed by atoms with Crippen molar-refractivity contribution in [2.75, 3.05) is 19.0 Å². The Morgan fingerprint density at radius 1 is 1.14 bits per heavy atom. The van der Waals surface area contributed by atoms with Gasteiger partial charge < -0.3 is 20.7 Å². The molecule has 0 aromatic heterocycles. The van der Waals surface area contributed by atoms with Crippen LogP contribution in [-0.2, 0) is 22.6 Å². The van der Waals surface area contributed by atoms with Gasteiger partial charge in [0.15, 0.2) is 5.96 Å². The van der Waals surface area contributed by atoms with Gasteiger partial charge in [-0.25, -0.2) is 0 Å². The van der Waals surface area contributed by atoms with Crippen molar-refractivity contribution in [1.29, 1.82) is 0 Å². The summed E-state index contributed by atoms with van der Waals surface area (Å²) in [6.45, 7) is 4.08. The minimum atomic E-state index is -0.328. The van der Waals surface area contributed by atoms with Crippen LogP contribution in [0.1, 0.15) is 29.5 Å². The van der Waals surface area contributed by atoms with E-state index in [-0.39, 0.29) is 12.0 Å². The minimum absolute atomic E-state index is 0.0710. The predicted octanol–water partition coefficient (Wildman–Crippen LogP) is 2.98. The van der Waals surface area contributed by atoms with Gasteiger partial charge in [0.25, 0.3) is 5.91 Å². The smallest absolute Gasteiger partial charge is 0.253 e. The largest absolute Gasteiger partial charge is 0.368 e. The summed E-state index contributed by atoms with van der Waals surface area (Å²) in [5, 5.41) is 9.59. The van der Waals surface area contributed by atoms with Crippen LogP contribution in [-0.4, -0.2) is 31.6 Å². The summed E-state index contributed by atoms with van der Waals surface area (Å²) >= 11 is 0. The minimum Gasteiger partial charge on any atom is -0.368 e. The highest BCUT2D eigenvalue weighted by molar-refractivity contribution is 5.94. The maximum atomic E-state index is 12.2. The normalized spacial score (nSPS) is 16.6. The Labute approximate surface area is 166 Å². The highest BCUT2D eigenvalue weighted by Crippen LogP contribution is 2.16. The van der Waals surface area contributed by atoms with Gasteiger partial charge in [0.2, 0.25) is 0 Å². The number of nitrogens with zero attached hydrogens (tertiary/aromatic N) is 1. The van der Waals surface area contributed by atoms with Crippen molar-refractivity contribution < 1.29 is 9.53 Å². The Bertz CT molecular complexity index is 829. The molecule has 0 aliphatic carbocycles. The Kier molecular flexibility index (Phi) is 7.03.